The van der Waals surface area contributed by atoms with Crippen molar-refractivity contribution >= 4 is 22.6 Å². The zero-order valence-electron chi connectivity index (χ0n) is 19.3. The lowest BCUT2D eigenvalue weighted by molar-refractivity contribution is -0.116. The number of rotatable bonds is 6. The van der Waals surface area contributed by atoms with Gasteiger partial charge in [-0.05, 0) is 37.6 Å². The maximum atomic E-state index is 13.5. The summed E-state index contributed by atoms with van der Waals surface area (Å²) >= 11 is 0. The van der Waals surface area contributed by atoms with E-state index in [9.17, 15) is 14.4 Å². The first-order chi connectivity index (χ1) is 16.3. The lowest BCUT2D eigenvalue weighted by atomic mass is 10.1. The van der Waals surface area contributed by atoms with Crippen molar-refractivity contribution in [3.8, 4) is 17.2 Å². The Morgan fingerprint density at radius 2 is 1.62 bits per heavy atom. The molecule has 0 aliphatic carbocycles. The normalized spacial score (nSPS) is 10.8. The summed E-state index contributed by atoms with van der Waals surface area (Å²) in [4.78, 5) is 44.2. The quantitative estimate of drug-likeness (QED) is 0.475. The predicted octanol–water partition coefficient (Wildman–Crippen LogP) is 2.82. The van der Waals surface area contributed by atoms with Crippen LogP contribution >= 0.6 is 0 Å². The number of carbonyl (C=O) groups excluding carboxylic acids is 1. The number of nitrogens with zero attached hydrogens (tertiary/aromatic N) is 3. The summed E-state index contributed by atoms with van der Waals surface area (Å²) in [6.07, 6.45) is 0. The van der Waals surface area contributed by atoms with Crippen molar-refractivity contribution in [2.45, 2.75) is 20.4 Å². The molecule has 2 aromatic carbocycles. The summed E-state index contributed by atoms with van der Waals surface area (Å²) in [6.45, 7) is 3.10. The van der Waals surface area contributed by atoms with Gasteiger partial charge in [0.15, 0.2) is 5.65 Å². The van der Waals surface area contributed by atoms with E-state index in [1.807, 2.05) is 6.07 Å². The van der Waals surface area contributed by atoms with Crippen LogP contribution in [0.1, 0.15) is 11.3 Å². The van der Waals surface area contributed by atoms with Crippen LogP contribution in [-0.4, -0.2) is 34.2 Å². The lowest BCUT2D eigenvalue weighted by Crippen LogP contribution is -2.42. The molecule has 34 heavy (non-hydrogen) atoms. The smallest absolute Gasteiger partial charge is 0.337 e. The number of nitrogens with one attached hydrogen (secondary N) is 1. The molecule has 4 rings (SSSR count). The van der Waals surface area contributed by atoms with E-state index >= 15 is 0 Å². The van der Waals surface area contributed by atoms with E-state index in [0.29, 0.717) is 34.1 Å². The summed E-state index contributed by atoms with van der Waals surface area (Å²) in [7, 11) is 3.00. The molecule has 1 amide bonds. The molecule has 0 radical (unpaired) electrons. The molecule has 0 saturated carbocycles. The number of amides is 1. The molecule has 0 aliphatic rings. The fraction of sp³-hybridized carbons (Fsp3) is 0.200. The van der Waals surface area contributed by atoms with Crippen LogP contribution in [-0.2, 0) is 11.3 Å². The van der Waals surface area contributed by atoms with E-state index in [-0.39, 0.29) is 11.0 Å². The Labute approximate surface area is 195 Å². The highest BCUT2D eigenvalue weighted by atomic mass is 16.5. The van der Waals surface area contributed by atoms with Gasteiger partial charge in [-0.3, -0.25) is 9.59 Å². The molecule has 0 spiro atoms. The summed E-state index contributed by atoms with van der Waals surface area (Å²) in [5.41, 5.74) is 1.33. The summed E-state index contributed by atoms with van der Waals surface area (Å²) in [6, 6.07) is 15.6. The highest BCUT2D eigenvalue weighted by Crippen LogP contribution is 2.25. The minimum absolute atomic E-state index is 0.257. The number of methoxy groups -OCH3 is 2. The Morgan fingerprint density at radius 1 is 0.971 bits per heavy atom. The third kappa shape index (κ3) is 4.27. The second-order valence-electron chi connectivity index (χ2n) is 7.77. The molecule has 0 bridgehead atoms. The van der Waals surface area contributed by atoms with Gasteiger partial charge in [0.05, 0.1) is 25.3 Å². The molecule has 9 nitrogen and oxygen atoms in total. The highest BCUT2D eigenvalue weighted by Gasteiger charge is 2.19. The van der Waals surface area contributed by atoms with Gasteiger partial charge in [-0.1, -0.05) is 18.2 Å². The van der Waals surface area contributed by atoms with Gasteiger partial charge in [0.25, 0.3) is 5.56 Å². The van der Waals surface area contributed by atoms with Gasteiger partial charge in [-0.15, -0.1) is 0 Å². The van der Waals surface area contributed by atoms with Crippen molar-refractivity contribution in [3.05, 3.63) is 86.7 Å². The average molecular weight is 460 g/mol. The number of anilines is 1. The largest absolute Gasteiger partial charge is 0.497 e. The maximum absolute atomic E-state index is 13.5. The van der Waals surface area contributed by atoms with Crippen molar-refractivity contribution in [1.29, 1.82) is 0 Å². The van der Waals surface area contributed by atoms with Gasteiger partial charge in [-0.2, -0.15) is 0 Å². The first-order valence-corrected chi connectivity index (χ1v) is 10.5. The first kappa shape index (κ1) is 22.8. The van der Waals surface area contributed by atoms with Crippen molar-refractivity contribution in [3.63, 3.8) is 0 Å². The van der Waals surface area contributed by atoms with E-state index in [2.05, 4.69) is 10.3 Å². The molecule has 0 fully saturated rings. The number of fused-ring (bicyclic) bond motifs is 1. The van der Waals surface area contributed by atoms with Crippen LogP contribution in [0.4, 0.5) is 5.69 Å². The molecule has 2 aromatic heterocycles. The van der Waals surface area contributed by atoms with Gasteiger partial charge < -0.3 is 14.8 Å². The number of para-hydroxylation sites is 1. The Kier molecular flexibility index (Phi) is 6.18. The topological polar surface area (TPSA) is 104 Å². The molecule has 2 heterocycles. The Balaban J connectivity index is 1.83. The summed E-state index contributed by atoms with van der Waals surface area (Å²) in [5, 5.41) is 2.99. The second kappa shape index (κ2) is 9.22. The lowest BCUT2D eigenvalue weighted by Gasteiger charge is -2.15. The number of hydrogen-bond donors (Lipinski definition) is 1. The summed E-state index contributed by atoms with van der Waals surface area (Å²) < 4.78 is 12.7. The van der Waals surface area contributed by atoms with Gasteiger partial charge in [-0.25, -0.2) is 18.9 Å². The third-order valence-electron chi connectivity index (χ3n) is 5.37. The Morgan fingerprint density at radius 3 is 2.24 bits per heavy atom. The minimum atomic E-state index is -0.653. The van der Waals surface area contributed by atoms with Crippen LogP contribution in [0.3, 0.4) is 0 Å². The van der Waals surface area contributed by atoms with Gasteiger partial charge in [0, 0.05) is 29.6 Å². The zero-order chi connectivity index (χ0) is 24.4. The average Bonchev–Trinajstić information content (AvgIpc) is 2.81. The SMILES string of the molecule is COc1cc(NC(=O)Cn2c(=O)c3c(C)cc(C)nc3n(-c3ccccc3)c2=O)cc(OC)c1. The van der Waals surface area contributed by atoms with Crippen LogP contribution in [0.15, 0.2) is 64.2 Å². The third-order valence-corrected chi connectivity index (χ3v) is 5.37. The number of aryl methyl sites for hydroxylation is 2. The van der Waals surface area contributed by atoms with E-state index < -0.39 is 23.7 Å². The maximum Gasteiger partial charge on any atom is 0.337 e. The second-order valence-corrected chi connectivity index (χ2v) is 7.77. The molecule has 0 atom stereocenters. The fourth-order valence-electron chi connectivity index (χ4n) is 3.85. The minimum Gasteiger partial charge on any atom is -0.497 e. The van der Waals surface area contributed by atoms with Crippen molar-refractivity contribution in [1.82, 2.24) is 14.1 Å². The van der Waals surface area contributed by atoms with E-state index in [1.165, 1.54) is 18.8 Å². The van der Waals surface area contributed by atoms with Crippen molar-refractivity contribution in [2.24, 2.45) is 0 Å². The molecule has 0 aliphatic heterocycles. The zero-order valence-corrected chi connectivity index (χ0v) is 19.3. The molecule has 0 unspecified atom stereocenters. The molecular formula is C25H24N4O5. The standard InChI is InChI=1S/C25H24N4O5/c1-15-10-16(2)26-23-22(15)24(31)28(25(32)29(23)18-8-6-5-7-9-18)14-21(30)27-17-11-19(33-3)13-20(12-17)34-4/h5-13H,14H2,1-4H3,(H,27,30). The molecule has 174 valence electrons. The van der Waals surface area contributed by atoms with E-state index in [4.69, 9.17) is 9.47 Å². The number of ether oxygens (including phenoxy) is 2. The van der Waals surface area contributed by atoms with Crippen molar-refractivity contribution in [2.75, 3.05) is 19.5 Å². The number of pyridine rings is 1. The Bertz CT molecular complexity index is 1480. The monoisotopic (exact) mass is 460 g/mol. The van der Waals surface area contributed by atoms with Crippen LogP contribution in [0.2, 0.25) is 0 Å². The molecular weight excluding hydrogens is 436 g/mol. The predicted molar refractivity (Wildman–Crippen MR) is 129 cm³/mol. The molecule has 4 aromatic rings. The van der Waals surface area contributed by atoms with E-state index in [1.54, 1.807) is 62.4 Å². The molecule has 0 saturated heterocycles. The van der Waals surface area contributed by atoms with Gasteiger partial charge >= 0.3 is 5.69 Å². The molecule has 9 heteroatoms. The first-order valence-electron chi connectivity index (χ1n) is 10.5. The van der Waals surface area contributed by atoms with E-state index in [0.717, 1.165) is 4.57 Å². The van der Waals surface area contributed by atoms with Crippen molar-refractivity contribution < 1.29 is 14.3 Å². The van der Waals surface area contributed by atoms with Gasteiger partial charge in [0.1, 0.15) is 18.0 Å². The number of hydrogen-bond acceptors (Lipinski definition) is 6. The summed E-state index contributed by atoms with van der Waals surface area (Å²) in [5.74, 6) is 0.424. The van der Waals surface area contributed by atoms with Crippen LogP contribution in [0.25, 0.3) is 16.7 Å². The van der Waals surface area contributed by atoms with Crippen LogP contribution < -0.4 is 26.0 Å². The van der Waals surface area contributed by atoms with Gasteiger partial charge in [0.2, 0.25) is 5.91 Å². The van der Waals surface area contributed by atoms with Crippen LogP contribution in [0.5, 0.6) is 11.5 Å². The Hall–Kier alpha value is -4.40. The number of carbonyl (C=O) groups is 1. The number of benzene rings is 2. The fourth-order valence-corrected chi connectivity index (χ4v) is 3.85. The number of aromatic nitrogens is 3. The molecule has 1 N–H and O–H groups in total. The highest BCUT2D eigenvalue weighted by molar-refractivity contribution is 5.91. The van der Waals surface area contributed by atoms with Crippen LogP contribution in [0, 0.1) is 13.8 Å².